The van der Waals surface area contributed by atoms with Gasteiger partial charge in [-0.25, -0.2) is 4.98 Å². The number of amides is 1. The summed E-state index contributed by atoms with van der Waals surface area (Å²) in [6.45, 7) is 6.58. The molecule has 0 spiro atoms. The van der Waals surface area contributed by atoms with Crippen LogP contribution in [0.4, 0.5) is 0 Å². The molecule has 2 atom stereocenters. The summed E-state index contributed by atoms with van der Waals surface area (Å²) in [6.07, 6.45) is 2.21. The van der Waals surface area contributed by atoms with E-state index in [0.29, 0.717) is 6.42 Å². The zero-order chi connectivity index (χ0) is 12.9. The van der Waals surface area contributed by atoms with Crippen LogP contribution in [0.2, 0.25) is 0 Å². The van der Waals surface area contributed by atoms with Gasteiger partial charge in [0.25, 0.3) is 0 Å². The molecule has 0 aliphatic heterocycles. The first-order valence-electron chi connectivity index (χ1n) is 5.46. The Morgan fingerprint density at radius 2 is 2.47 bits per heavy atom. The largest absolute Gasteiger partial charge is 0.368 e. The Morgan fingerprint density at radius 3 is 2.94 bits per heavy atom. The SMILES string of the molecule is CCNC(C)(CC(C)Sc1ncns1)C(N)=O. The molecule has 17 heavy (non-hydrogen) atoms. The second-order valence-corrected chi connectivity index (χ2v) is 6.53. The van der Waals surface area contributed by atoms with Crippen molar-refractivity contribution in [1.29, 1.82) is 0 Å². The van der Waals surface area contributed by atoms with E-state index in [-0.39, 0.29) is 11.2 Å². The van der Waals surface area contributed by atoms with Crippen LogP contribution >= 0.6 is 23.3 Å². The van der Waals surface area contributed by atoms with E-state index in [1.807, 2.05) is 13.8 Å². The number of hydrogen-bond acceptors (Lipinski definition) is 6. The number of nitrogens with zero attached hydrogens (tertiary/aromatic N) is 2. The lowest BCUT2D eigenvalue weighted by Gasteiger charge is -2.29. The van der Waals surface area contributed by atoms with Crippen molar-refractivity contribution in [2.45, 2.75) is 42.3 Å². The molecule has 96 valence electrons. The summed E-state index contributed by atoms with van der Waals surface area (Å²) >= 11 is 2.98. The number of hydrogen-bond donors (Lipinski definition) is 2. The highest BCUT2D eigenvalue weighted by Gasteiger charge is 2.32. The van der Waals surface area contributed by atoms with E-state index < -0.39 is 5.54 Å². The number of aromatic nitrogens is 2. The minimum absolute atomic E-state index is 0.250. The summed E-state index contributed by atoms with van der Waals surface area (Å²) in [5.41, 5.74) is 4.78. The maximum absolute atomic E-state index is 11.5. The summed E-state index contributed by atoms with van der Waals surface area (Å²) in [5, 5.41) is 3.40. The molecule has 1 heterocycles. The molecule has 0 fully saturated rings. The van der Waals surface area contributed by atoms with E-state index in [4.69, 9.17) is 5.73 Å². The number of likely N-dealkylation sites (N-methyl/N-ethyl adjacent to an activating group) is 1. The van der Waals surface area contributed by atoms with E-state index >= 15 is 0 Å². The van der Waals surface area contributed by atoms with Crippen LogP contribution in [0.5, 0.6) is 0 Å². The number of rotatable bonds is 7. The molecular formula is C10H18N4OS2. The van der Waals surface area contributed by atoms with Crippen LogP contribution in [0, 0.1) is 0 Å². The summed E-state index contributed by atoms with van der Waals surface area (Å²) in [6, 6.07) is 0. The normalized spacial score (nSPS) is 16.4. The smallest absolute Gasteiger partial charge is 0.237 e. The van der Waals surface area contributed by atoms with Crippen molar-refractivity contribution in [2.24, 2.45) is 5.73 Å². The first-order valence-corrected chi connectivity index (χ1v) is 7.11. The van der Waals surface area contributed by atoms with Crippen LogP contribution in [-0.4, -0.2) is 32.6 Å². The molecule has 0 saturated carbocycles. The van der Waals surface area contributed by atoms with Crippen LogP contribution in [0.15, 0.2) is 10.7 Å². The monoisotopic (exact) mass is 274 g/mol. The van der Waals surface area contributed by atoms with Crippen LogP contribution < -0.4 is 11.1 Å². The van der Waals surface area contributed by atoms with Crippen LogP contribution in [0.25, 0.3) is 0 Å². The van der Waals surface area contributed by atoms with Gasteiger partial charge in [-0.3, -0.25) is 4.79 Å². The van der Waals surface area contributed by atoms with Crippen molar-refractivity contribution in [3.63, 3.8) is 0 Å². The molecule has 0 aliphatic rings. The quantitative estimate of drug-likeness (QED) is 0.732. The zero-order valence-corrected chi connectivity index (χ0v) is 11.9. The Bertz CT molecular complexity index is 357. The highest BCUT2D eigenvalue weighted by Crippen LogP contribution is 2.29. The summed E-state index contributed by atoms with van der Waals surface area (Å²) in [4.78, 5) is 15.6. The fraction of sp³-hybridized carbons (Fsp3) is 0.700. The maximum atomic E-state index is 11.5. The van der Waals surface area contributed by atoms with Crippen LogP contribution in [0.1, 0.15) is 27.2 Å². The Kier molecular flexibility index (Phi) is 5.35. The van der Waals surface area contributed by atoms with Gasteiger partial charge in [0.15, 0.2) is 4.34 Å². The number of thioether (sulfide) groups is 1. The average molecular weight is 274 g/mol. The molecule has 0 saturated heterocycles. The third-order valence-corrected chi connectivity index (χ3v) is 4.30. The van der Waals surface area contributed by atoms with Gasteiger partial charge in [-0.2, -0.15) is 4.37 Å². The molecule has 3 N–H and O–H groups in total. The highest BCUT2D eigenvalue weighted by molar-refractivity contribution is 8.01. The van der Waals surface area contributed by atoms with E-state index in [1.165, 1.54) is 17.9 Å². The number of nitrogens with two attached hydrogens (primary N) is 1. The van der Waals surface area contributed by atoms with Crippen molar-refractivity contribution in [3.8, 4) is 0 Å². The molecular weight excluding hydrogens is 256 g/mol. The van der Waals surface area contributed by atoms with E-state index in [2.05, 4.69) is 21.6 Å². The molecule has 1 aromatic rings. The predicted molar refractivity (Wildman–Crippen MR) is 71.1 cm³/mol. The van der Waals surface area contributed by atoms with Crippen LogP contribution in [0.3, 0.4) is 0 Å². The van der Waals surface area contributed by atoms with Crippen molar-refractivity contribution in [2.75, 3.05) is 6.54 Å². The first-order chi connectivity index (χ1) is 7.98. The van der Waals surface area contributed by atoms with Gasteiger partial charge in [0.1, 0.15) is 6.33 Å². The third-order valence-electron chi connectivity index (χ3n) is 2.45. The Hall–Kier alpha value is -0.660. The molecule has 0 aromatic carbocycles. The minimum atomic E-state index is -0.661. The van der Waals surface area contributed by atoms with Gasteiger partial charge in [0.05, 0.1) is 5.54 Å². The van der Waals surface area contributed by atoms with Gasteiger partial charge in [-0.15, -0.1) is 0 Å². The van der Waals surface area contributed by atoms with Gasteiger partial charge >= 0.3 is 0 Å². The summed E-state index contributed by atoms with van der Waals surface area (Å²) in [5.74, 6) is -0.316. The lowest BCUT2D eigenvalue weighted by molar-refractivity contribution is -0.124. The Morgan fingerprint density at radius 1 is 1.76 bits per heavy atom. The van der Waals surface area contributed by atoms with Crippen molar-refractivity contribution in [3.05, 3.63) is 6.33 Å². The van der Waals surface area contributed by atoms with Crippen molar-refractivity contribution in [1.82, 2.24) is 14.7 Å². The number of nitrogens with one attached hydrogen (secondary N) is 1. The Balaban J connectivity index is 2.58. The number of carbonyl (C=O) groups excluding carboxylic acids is 1. The molecule has 1 amide bonds. The fourth-order valence-electron chi connectivity index (χ4n) is 1.65. The number of primary amides is 1. The van der Waals surface area contributed by atoms with Gasteiger partial charge in [0.2, 0.25) is 5.91 Å². The Labute approximate surface area is 110 Å². The average Bonchev–Trinajstić information content (AvgIpc) is 2.70. The standard InChI is InChI=1S/C10H18N4OS2/c1-4-13-10(3,8(11)15)5-7(2)16-9-12-6-14-17-9/h6-7,13H,4-5H2,1-3H3,(H2,11,15). The predicted octanol–water partition coefficient (Wildman–Crippen LogP) is 1.26. The second-order valence-electron chi connectivity index (χ2n) is 4.07. The van der Waals surface area contributed by atoms with Gasteiger partial charge < -0.3 is 11.1 Å². The highest BCUT2D eigenvalue weighted by atomic mass is 32.2. The molecule has 2 unspecified atom stereocenters. The van der Waals surface area contributed by atoms with Gasteiger partial charge in [-0.1, -0.05) is 25.6 Å². The van der Waals surface area contributed by atoms with Crippen molar-refractivity contribution >= 4 is 29.2 Å². The minimum Gasteiger partial charge on any atom is -0.368 e. The fourth-order valence-corrected chi connectivity index (χ4v) is 3.60. The zero-order valence-electron chi connectivity index (χ0n) is 10.3. The van der Waals surface area contributed by atoms with E-state index in [9.17, 15) is 4.79 Å². The molecule has 7 heteroatoms. The molecule has 0 radical (unpaired) electrons. The van der Waals surface area contributed by atoms with Crippen LogP contribution in [-0.2, 0) is 4.79 Å². The second kappa shape index (κ2) is 6.32. The lowest BCUT2D eigenvalue weighted by Crippen LogP contribution is -2.54. The molecule has 0 bridgehead atoms. The first kappa shape index (κ1) is 14.4. The van der Waals surface area contributed by atoms with Gasteiger partial charge in [0, 0.05) is 5.25 Å². The number of carbonyl (C=O) groups is 1. The lowest BCUT2D eigenvalue weighted by atomic mass is 9.95. The molecule has 1 aromatic heterocycles. The summed E-state index contributed by atoms with van der Waals surface area (Å²) in [7, 11) is 0. The molecule has 0 aliphatic carbocycles. The van der Waals surface area contributed by atoms with Crippen molar-refractivity contribution < 1.29 is 4.79 Å². The molecule has 5 nitrogen and oxygen atoms in total. The van der Waals surface area contributed by atoms with E-state index in [0.717, 1.165) is 10.9 Å². The summed E-state index contributed by atoms with van der Waals surface area (Å²) < 4.78 is 4.86. The topological polar surface area (TPSA) is 80.9 Å². The third kappa shape index (κ3) is 4.25. The molecule has 1 rings (SSSR count). The van der Waals surface area contributed by atoms with E-state index in [1.54, 1.807) is 11.8 Å². The maximum Gasteiger partial charge on any atom is 0.237 e. The van der Waals surface area contributed by atoms with Gasteiger partial charge in [-0.05, 0) is 31.4 Å².